The highest BCUT2D eigenvalue weighted by Crippen LogP contribution is 2.26. The number of piperidine rings is 1. The fourth-order valence-electron chi connectivity index (χ4n) is 4.01. The van der Waals surface area contributed by atoms with Gasteiger partial charge in [0.05, 0.1) is 29.2 Å². The maximum absolute atomic E-state index is 12.5. The molecule has 1 aromatic rings. The Hall–Kier alpha value is -3.68. The van der Waals surface area contributed by atoms with Crippen LogP contribution in [0.25, 0.3) is 0 Å². The van der Waals surface area contributed by atoms with Crippen LogP contribution < -0.4 is 5.32 Å². The first-order valence-corrected chi connectivity index (χ1v) is 13.6. The number of aromatic nitrogens is 2. The first-order chi connectivity index (χ1) is 18.4. The van der Waals surface area contributed by atoms with Crippen LogP contribution in [0, 0.1) is 0 Å². The number of likely N-dealkylation sites (N-methyl/N-ethyl adjacent to an activating group) is 1. The van der Waals surface area contributed by atoms with Crippen molar-refractivity contribution in [2.75, 3.05) is 26.7 Å². The van der Waals surface area contributed by atoms with Gasteiger partial charge in [-0.05, 0) is 71.4 Å². The molecule has 1 fully saturated rings. The van der Waals surface area contributed by atoms with E-state index in [0.717, 1.165) is 41.8 Å². The lowest BCUT2D eigenvalue weighted by Crippen LogP contribution is -2.47. The van der Waals surface area contributed by atoms with Crippen LogP contribution in [0.2, 0.25) is 0 Å². The predicted octanol–water partition coefficient (Wildman–Crippen LogP) is 5.49. The third-order valence-corrected chi connectivity index (χ3v) is 6.48. The number of carbonyl (C=O) groups excluding carboxylic acids is 2. The van der Waals surface area contributed by atoms with E-state index in [0.29, 0.717) is 18.7 Å². The SMILES string of the molecule is C=CC(=O)N(C)C1CCCN(/C(=C/N=C)C(=C)/C(C)=C/C=C(\C)CNC(=O)c2cnn(C(C)(C)C)c2)C1.CC. The smallest absolute Gasteiger partial charge is 0.254 e. The van der Waals surface area contributed by atoms with Crippen molar-refractivity contribution in [1.82, 2.24) is 24.9 Å². The number of rotatable bonds is 10. The van der Waals surface area contributed by atoms with E-state index in [1.165, 1.54) is 6.08 Å². The van der Waals surface area contributed by atoms with Crippen LogP contribution in [-0.2, 0) is 10.3 Å². The van der Waals surface area contributed by atoms with E-state index in [4.69, 9.17) is 0 Å². The van der Waals surface area contributed by atoms with Crippen molar-refractivity contribution < 1.29 is 9.59 Å². The average Bonchev–Trinajstić information content (AvgIpc) is 3.44. The molecule has 8 nitrogen and oxygen atoms in total. The molecule has 1 unspecified atom stereocenters. The van der Waals surface area contributed by atoms with Crippen molar-refractivity contribution >= 4 is 18.5 Å². The summed E-state index contributed by atoms with van der Waals surface area (Å²) >= 11 is 0. The van der Waals surface area contributed by atoms with Crippen LogP contribution in [0.3, 0.4) is 0 Å². The molecule has 214 valence electrons. The van der Waals surface area contributed by atoms with E-state index in [-0.39, 0.29) is 23.4 Å². The lowest BCUT2D eigenvalue weighted by molar-refractivity contribution is -0.127. The van der Waals surface area contributed by atoms with Crippen LogP contribution in [-0.4, -0.2) is 70.8 Å². The number of amides is 2. The Bertz CT molecular complexity index is 1120. The summed E-state index contributed by atoms with van der Waals surface area (Å²) in [6.45, 7) is 27.6. The molecule has 1 aromatic heterocycles. The molecule has 0 radical (unpaired) electrons. The van der Waals surface area contributed by atoms with E-state index in [1.807, 2.05) is 67.7 Å². The van der Waals surface area contributed by atoms with Crippen molar-refractivity contribution in [2.24, 2.45) is 4.99 Å². The predicted molar refractivity (Wildman–Crippen MR) is 163 cm³/mol. The van der Waals surface area contributed by atoms with Crippen LogP contribution in [0.15, 0.2) is 77.4 Å². The molecule has 2 rings (SSSR count). The molecule has 1 saturated heterocycles. The van der Waals surface area contributed by atoms with Gasteiger partial charge in [-0.25, -0.2) is 0 Å². The molecule has 0 spiro atoms. The fourth-order valence-corrected chi connectivity index (χ4v) is 4.01. The van der Waals surface area contributed by atoms with Crippen molar-refractivity contribution in [3.63, 3.8) is 0 Å². The van der Waals surface area contributed by atoms with E-state index in [1.54, 1.807) is 28.2 Å². The van der Waals surface area contributed by atoms with Crippen molar-refractivity contribution in [1.29, 1.82) is 0 Å². The molecule has 39 heavy (non-hydrogen) atoms. The zero-order chi connectivity index (χ0) is 29.8. The molecule has 1 aliphatic rings. The molecule has 1 aliphatic heterocycles. The molecule has 1 atom stereocenters. The second-order valence-corrected chi connectivity index (χ2v) is 10.5. The Morgan fingerprint density at radius 1 is 1.26 bits per heavy atom. The zero-order valence-corrected chi connectivity index (χ0v) is 25.3. The van der Waals surface area contributed by atoms with Crippen LogP contribution in [0.5, 0.6) is 0 Å². The van der Waals surface area contributed by atoms with Gasteiger partial charge in [-0.2, -0.15) is 5.10 Å². The summed E-state index contributed by atoms with van der Waals surface area (Å²) in [5.74, 6) is -0.236. The second-order valence-electron chi connectivity index (χ2n) is 10.5. The number of hydrogen-bond donors (Lipinski definition) is 1. The van der Waals surface area contributed by atoms with Crippen molar-refractivity contribution in [3.05, 3.63) is 78.0 Å². The minimum absolute atomic E-state index is 0.0788. The van der Waals surface area contributed by atoms with Crippen LogP contribution in [0.1, 0.15) is 71.7 Å². The molecule has 0 aliphatic carbocycles. The summed E-state index contributed by atoms with van der Waals surface area (Å²) in [4.78, 5) is 32.6. The number of aliphatic imine (C=N–C) groups is 1. The molecular formula is C31H48N6O2. The van der Waals surface area contributed by atoms with Gasteiger partial charge in [0.25, 0.3) is 5.91 Å². The highest BCUT2D eigenvalue weighted by atomic mass is 16.2. The quantitative estimate of drug-likeness (QED) is 0.243. The first-order valence-electron chi connectivity index (χ1n) is 13.6. The maximum Gasteiger partial charge on any atom is 0.254 e. The normalized spacial score (nSPS) is 16.6. The lowest BCUT2D eigenvalue weighted by atomic mass is 9.99. The van der Waals surface area contributed by atoms with Gasteiger partial charge in [0.15, 0.2) is 0 Å². The number of carbonyl (C=O) groups is 2. The molecular weight excluding hydrogens is 488 g/mol. The molecule has 2 amide bonds. The second kappa shape index (κ2) is 15.7. The van der Waals surface area contributed by atoms with E-state index < -0.39 is 0 Å². The highest BCUT2D eigenvalue weighted by molar-refractivity contribution is 5.93. The fraction of sp³-hybridized carbons (Fsp3) is 0.484. The van der Waals surface area contributed by atoms with E-state index >= 15 is 0 Å². The zero-order valence-electron chi connectivity index (χ0n) is 25.3. The van der Waals surface area contributed by atoms with Gasteiger partial charge in [-0.3, -0.25) is 19.3 Å². The molecule has 0 aromatic carbocycles. The minimum Gasteiger partial charge on any atom is -0.368 e. The molecule has 1 N–H and O–H groups in total. The third-order valence-electron chi connectivity index (χ3n) is 6.48. The van der Waals surface area contributed by atoms with Gasteiger partial charge in [0, 0.05) is 38.9 Å². The summed E-state index contributed by atoms with van der Waals surface area (Å²) in [5.41, 5.74) is 4.07. The Morgan fingerprint density at radius 3 is 2.49 bits per heavy atom. The number of nitrogens with zero attached hydrogens (tertiary/aromatic N) is 5. The topological polar surface area (TPSA) is 82.8 Å². The summed E-state index contributed by atoms with van der Waals surface area (Å²) in [7, 11) is 1.82. The Labute approximate surface area is 235 Å². The van der Waals surface area contributed by atoms with Gasteiger partial charge < -0.3 is 15.1 Å². The first kappa shape index (κ1) is 33.3. The Morgan fingerprint density at radius 2 is 1.92 bits per heavy atom. The summed E-state index contributed by atoms with van der Waals surface area (Å²) in [6, 6.07) is 0.0887. The van der Waals surface area contributed by atoms with Gasteiger partial charge >= 0.3 is 0 Å². The summed E-state index contributed by atoms with van der Waals surface area (Å²) in [5, 5.41) is 7.23. The third kappa shape index (κ3) is 9.85. The van der Waals surface area contributed by atoms with Crippen LogP contribution in [0.4, 0.5) is 0 Å². The number of hydrogen-bond acceptors (Lipinski definition) is 5. The largest absolute Gasteiger partial charge is 0.368 e. The maximum atomic E-state index is 12.5. The van der Waals surface area contributed by atoms with Crippen LogP contribution >= 0.6 is 0 Å². The number of allylic oxidation sites excluding steroid dienone is 3. The number of likely N-dealkylation sites (tertiary alicyclic amines) is 1. The lowest BCUT2D eigenvalue weighted by Gasteiger charge is -2.40. The summed E-state index contributed by atoms with van der Waals surface area (Å²) < 4.78 is 1.78. The minimum atomic E-state index is -0.179. The van der Waals surface area contributed by atoms with Gasteiger partial charge in [0.1, 0.15) is 0 Å². The highest BCUT2D eigenvalue weighted by Gasteiger charge is 2.27. The van der Waals surface area contributed by atoms with Gasteiger partial charge in [-0.15, -0.1) is 0 Å². The van der Waals surface area contributed by atoms with Gasteiger partial charge in [-0.1, -0.05) is 44.7 Å². The molecule has 8 heteroatoms. The molecule has 0 saturated carbocycles. The Kier molecular flexibility index (Phi) is 13.4. The summed E-state index contributed by atoms with van der Waals surface area (Å²) in [6.07, 6.45) is 12.3. The van der Waals surface area contributed by atoms with Gasteiger partial charge in [0.2, 0.25) is 5.91 Å². The molecule has 0 bridgehead atoms. The van der Waals surface area contributed by atoms with Crippen molar-refractivity contribution in [3.8, 4) is 0 Å². The van der Waals surface area contributed by atoms with E-state index in [2.05, 4.69) is 40.2 Å². The van der Waals surface area contributed by atoms with Crippen molar-refractivity contribution in [2.45, 2.75) is 72.9 Å². The standard InChI is InChI=1S/C29H42N6O2.C2H6/c1-10-27(36)33(9)25-12-11-15-34(20-25)26(18-30-8)23(4)22(3)14-13-21(2)16-31-28(37)24-17-32-35(19-24)29(5,6)7;1-2/h10,13-14,17-19,25H,1,4,8,11-12,15-16,20H2,2-3,5-7,9H3,(H,31,37);1-2H3/b21-13+,22-14+,26-18+;. The monoisotopic (exact) mass is 536 g/mol. The molecule has 2 heterocycles. The Balaban J connectivity index is 0.00000371. The number of nitrogens with one attached hydrogen (secondary N) is 1. The van der Waals surface area contributed by atoms with E-state index in [9.17, 15) is 9.59 Å². The average molecular weight is 537 g/mol.